The van der Waals surface area contributed by atoms with Crippen LogP contribution in [0.1, 0.15) is 0 Å². The second-order valence-corrected chi connectivity index (χ2v) is 5.42. The zero-order valence-electron chi connectivity index (χ0n) is 13.2. The Morgan fingerprint density at radius 3 is 2.08 bits per heavy atom. The van der Waals surface area contributed by atoms with Gasteiger partial charge in [0.1, 0.15) is 5.75 Å². The number of ether oxygens (including phenoxy) is 1. The van der Waals surface area contributed by atoms with Gasteiger partial charge >= 0.3 is 0 Å². The Balaban J connectivity index is 1.86. The minimum atomic E-state index is 0.854. The highest BCUT2D eigenvalue weighted by atomic mass is 16.5. The summed E-state index contributed by atoms with van der Waals surface area (Å²) in [6.07, 6.45) is 6.96. The summed E-state index contributed by atoms with van der Waals surface area (Å²) in [5, 5.41) is 2.27. The smallest absolute Gasteiger partial charge is 0.119 e. The largest absolute Gasteiger partial charge is 0.497 e. The summed E-state index contributed by atoms with van der Waals surface area (Å²) >= 11 is 0. The molecule has 4 nitrogen and oxygen atoms in total. The van der Waals surface area contributed by atoms with Crippen molar-refractivity contribution in [3.63, 3.8) is 0 Å². The predicted molar refractivity (Wildman–Crippen MR) is 94.8 cm³/mol. The summed E-state index contributed by atoms with van der Waals surface area (Å²) in [6.45, 7) is 0. The van der Waals surface area contributed by atoms with Crippen LogP contribution in [0.25, 0.3) is 33.3 Å². The molecule has 4 heteroatoms. The summed E-state index contributed by atoms with van der Waals surface area (Å²) in [6, 6.07) is 16.2. The van der Waals surface area contributed by atoms with Crippen molar-refractivity contribution in [2.45, 2.75) is 0 Å². The van der Waals surface area contributed by atoms with Crippen LogP contribution in [0.4, 0.5) is 0 Å². The SMILES string of the molecule is COc1ccc2cc(-c3nccnc3-c3ccncc3)ccc2c1. The van der Waals surface area contributed by atoms with Crippen LogP contribution >= 0.6 is 0 Å². The molecule has 0 radical (unpaired) electrons. The molecule has 0 bridgehead atoms. The lowest BCUT2D eigenvalue weighted by Gasteiger charge is -2.09. The van der Waals surface area contributed by atoms with Gasteiger partial charge < -0.3 is 4.74 Å². The fourth-order valence-corrected chi connectivity index (χ4v) is 2.77. The average Bonchev–Trinajstić information content (AvgIpc) is 2.68. The zero-order chi connectivity index (χ0) is 16.4. The van der Waals surface area contributed by atoms with Gasteiger partial charge in [-0.25, -0.2) is 0 Å². The maximum absolute atomic E-state index is 5.29. The van der Waals surface area contributed by atoms with Crippen molar-refractivity contribution in [3.8, 4) is 28.3 Å². The highest BCUT2D eigenvalue weighted by Gasteiger charge is 2.10. The van der Waals surface area contributed by atoms with Gasteiger partial charge in [-0.2, -0.15) is 0 Å². The van der Waals surface area contributed by atoms with Gasteiger partial charge in [0.25, 0.3) is 0 Å². The van der Waals surface area contributed by atoms with Crippen molar-refractivity contribution in [2.75, 3.05) is 7.11 Å². The van der Waals surface area contributed by atoms with Gasteiger partial charge in [-0.3, -0.25) is 15.0 Å². The molecule has 0 aliphatic heterocycles. The van der Waals surface area contributed by atoms with E-state index in [0.29, 0.717) is 0 Å². The molecule has 2 heterocycles. The fraction of sp³-hybridized carbons (Fsp3) is 0.0500. The van der Waals surface area contributed by atoms with Gasteiger partial charge in [-0.15, -0.1) is 0 Å². The van der Waals surface area contributed by atoms with Gasteiger partial charge in [-0.1, -0.05) is 18.2 Å². The molecule has 0 atom stereocenters. The fourth-order valence-electron chi connectivity index (χ4n) is 2.77. The Hall–Kier alpha value is -3.27. The molecule has 0 aliphatic carbocycles. The summed E-state index contributed by atoms with van der Waals surface area (Å²) < 4.78 is 5.29. The summed E-state index contributed by atoms with van der Waals surface area (Å²) in [7, 11) is 1.68. The first kappa shape index (κ1) is 14.3. The first-order valence-corrected chi connectivity index (χ1v) is 7.65. The molecule has 0 spiro atoms. The van der Waals surface area contributed by atoms with Crippen molar-refractivity contribution in [2.24, 2.45) is 0 Å². The summed E-state index contributed by atoms with van der Waals surface area (Å²) in [5.41, 5.74) is 3.75. The molecular weight excluding hydrogens is 298 g/mol. The number of pyridine rings is 1. The van der Waals surface area contributed by atoms with E-state index in [1.165, 1.54) is 0 Å². The molecule has 2 aromatic carbocycles. The van der Waals surface area contributed by atoms with E-state index < -0.39 is 0 Å². The molecule has 0 saturated heterocycles. The number of fused-ring (bicyclic) bond motifs is 1. The number of benzene rings is 2. The van der Waals surface area contributed by atoms with Gasteiger partial charge in [0.2, 0.25) is 0 Å². The zero-order valence-corrected chi connectivity index (χ0v) is 13.2. The molecule has 2 aromatic heterocycles. The maximum Gasteiger partial charge on any atom is 0.119 e. The van der Waals surface area contributed by atoms with Crippen molar-refractivity contribution in [3.05, 3.63) is 73.3 Å². The molecule has 116 valence electrons. The first-order chi connectivity index (χ1) is 11.8. The highest BCUT2D eigenvalue weighted by molar-refractivity contribution is 5.90. The van der Waals surface area contributed by atoms with E-state index in [4.69, 9.17) is 4.74 Å². The van der Waals surface area contributed by atoms with E-state index in [9.17, 15) is 0 Å². The van der Waals surface area contributed by atoms with Crippen LogP contribution in [0, 0.1) is 0 Å². The Bertz CT molecular complexity index is 1000. The van der Waals surface area contributed by atoms with Gasteiger partial charge in [-0.05, 0) is 41.1 Å². The van der Waals surface area contributed by atoms with Gasteiger partial charge in [0, 0.05) is 35.9 Å². The summed E-state index contributed by atoms with van der Waals surface area (Å²) in [4.78, 5) is 13.2. The van der Waals surface area contributed by atoms with Crippen LogP contribution in [0.15, 0.2) is 73.3 Å². The van der Waals surface area contributed by atoms with Crippen LogP contribution in [0.2, 0.25) is 0 Å². The monoisotopic (exact) mass is 313 g/mol. The van der Waals surface area contributed by atoms with Gasteiger partial charge in [0.05, 0.1) is 18.5 Å². The van der Waals surface area contributed by atoms with Crippen LogP contribution in [-0.2, 0) is 0 Å². The van der Waals surface area contributed by atoms with Crippen molar-refractivity contribution >= 4 is 10.8 Å². The molecule has 0 aliphatic rings. The average molecular weight is 313 g/mol. The number of hydrogen-bond acceptors (Lipinski definition) is 4. The molecule has 0 N–H and O–H groups in total. The Labute approximate surface area is 139 Å². The number of hydrogen-bond donors (Lipinski definition) is 0. The molecule has 24 heavy (non-hydrogen) atoms. The lowest BCUT2D eigenvalue weighted by molar-refractivity contribution is 0.415. The van der Waals surface area contributed by atoms with Crippen LogP contribution in [0.3, 0.4) is 0 Å². The standard InChI is InChI=1S/C20H15N3O/c1-24-18-5-4-15-12-17(3-2-16(15)13-18)20-19(22-10-11-23-20)14-6-8-21-9-7-14/h2-13H,1H3. The summed E-state index contributed by atoms with van der Waals surface area (Å²) in [5.74, 6) is 0.854. The predicted octanol–water partition coefficient (Wildman–Crippen LogP) is 4.37. The Kier molecular flexibility index (Phi) is 3.63. The Morgan fingerprint density at radius 2 is 1.33 bits per heavy atom. The third-order valence-electron chi connectivity index (χ3n) is 3.97. The molecule has 4 rings (SSSR count). The van der Waals surface area contributed by atoms with E-state index in [2.05, 4.69) is 39.2 Å². The van der Waals surface area contributed by atoms with Crippen LogP contribution < -0.4 is 4.74 Å². The van der Waals surface area contributed by atoms with Crippen molar-refractivity contribution in [1.82, 2.24) is 15.0 Å². The highest BCUT2D eigenvalue weighted by Crippen LogP contribution is 2.31. The molecule has 0 fully saturated rings. The van der Waals surface area contributed by atoms with E-state index >= 15 is 0 Å². The molecule has 0 saturated carbocycles. The van der Waals surface area contributed by atoms with Gasteiger partial charge in [0.15, 0.2) is 0 Å². The van der Waals surface area contributed by atoms with Crippen molar-refractivity contribution in [1.29, 1.82) is 0 Å². The van der Waals surface area contributed by atoms with Crippen molar-refractivity contribution < 1.29 is 4.74 Å². The van der Waals surface area contributed by atoms with E-state index in [1.54, 1.807) is 31.9 Å². The first-order valence-electron chi connectivity index (χ1n) is 7.65. The number of nitrogens with zero attached hydrogens (tertiary/aromatic N) is 3. The van der Waals surface area contributed by atoms with Crippen LogP contribution in [0.5, 0.6) is 5.75 Å². The number of methoxy groups -OCH3 is 1. The molecule has 0 unspecified atom stereocenters. The Morgan fingerprint density at radius 1 is 0.667 bits per heavy atom. The van der Waals surface area contributed by atoms with Crippen LogP contribution in [-0.4, -0.2) is 22.1 Å². The molecule has 4 aromatic rings. The number of rotatable bonds is 3. The molecular formula is C20H15N3O. The minimum absolute atomic E-state index is 0.854. The normalized spacial score (nSPS) is 10.7. The third kappa shape index (κ3) is 2.58. The van der Waals surface area contributed by atoms with E-state index in [1.807, 2.05) is 24.3 Å². The quantitative estimate of drug-likeness (QED) is 0.563. The number of aromatic nitrogens is 3. The minimum Gasteiger partial charge on any atom is -0.497 e. The topological polar surface area (TPSA) is 47.9 Å². The molecule has 0 amide bonds. The maximum atomic E-state index is 5.29. The lowest BCUT2D eigenvalue weighted by Crippen LogP contribution is -1.92. The lowest BCUT2D eigenvalue weighted by atomic mass is 10.0. The third-order valence-corrected chi connectivity index (χ3v) is 3.97. The second kappa shape index (κ2) is 6.08. The van der Waals surface area contributed by atoms with E-state index in [-0.39, 0.29) is 0 Å². The van der Waals surface area contributed by atoms with E-state index in [0.717, 1.165) is 39.0 Å². The second-order valence-electron chi connectivity index (χ2n) is 5.42.